The zero-order valence-corrected chi connectivity index (χ0v) is 20.8. The van der Waals surface area contributed by atoms with E-state index in [9.17, 15) is 18.0 Å². The zero-order chi connectivity index (χ0) is 24.5. The van der Waals surface area contributed by atoms with Crippen LogP contribution in [0.25, 0.3) is 10.1 Å². The number of anilines is 2. The molecular formula is C25H21ClN2O4S2. The molecule has 4 rings (SSSR count). The van der Waals surface area contributed by atoms with E-state index in [4.69, 9.17) is 11.6 Å². The number of sulfonamides is 1. The number of ketones is 1. The van der Waals surface area contributed by atoms with E-state index in [2.05, 4.69) is 5.32 Å². The summed E-state index contributed by atoms with van der Waals surface area (Å²) < 4.78 is 27.3. The van der Waals surface area contributed by atoms with E-state index in [-0.39, 0.29) is 18.2 Å². The van der Waals surface area contributed by atoms with E-state index in [1.54, 1.807) is 66.7 Å². The first-order valence-electron chi connectivity index (χ1n) is 10.3. The van der Waals surface area contributed by atoms with Crippen molar-refractivity contribution in [1.82, 2.24) is 0 Å². The Kier molecular flexibility index (Phi) is 6.74. The van der Waals surface area contributed by atoms with Gasteiger partial charge in [0.25, 0.3) is 5.91 Å². The number of nitrogens with one attached hydrogen (secondary N) is 1. The third-order valence-corrected chi connectivity index (χ3v) is 7.69. The molecule has 0 bridgehead atoms. The summed E-state index contributed by atoms with van der Waals surface area (Å²) in [6.45, 7) is 1.63. The van der Waals surface area contributed by atoms with Crippen LogP contribution >= 0.6 is 22.9 Å². The van der Waals surface area contributed by atoms with E-state index < -0.39 is 10.0 Å². The van der Waals surface area contributed by atoms with Crippen LogP contribution in [0.1, 0.15) is 32.5 Å². The number of amides is 1. The van der Waals surface area contributed by atoms with Crippen LogP contribution in [0.4, 0.5) is 11.4 Å². The van der Waals surface area contributed by atoms with Gasteiger partial charge >= 0.3 is 0 Å². The lowest BCUT2D eigenvalue weighted by molar-refractivity contribution is 0.101. The molecule has 1 aromatic heterocycles. The molecule has 34 heavy (non-hydrogen) atoms. The number of halogens is 1. The first-order valence-corrected chi connectivity index (χ1v) is 13.3. The molecule has 0 aliphatic carbocycles. The van der Waals surface area contributed by atoms with Gasteiger partial charge in [-0.15, -0.1) is 11.3 Å². The molecule has 0 aliphatic heterocycles. The SMILES string of the molecule is CC(=O)c1cccc(NC(=O)c2cc3cc(N(Cc4ccc(Cl)cc4)S(C)(=O)=O)ccc3s2)c1. The average Bonchev–Trinajstić information content (AvgIpc) is 3.21. The standard InChI is InChI=1S/C25H21ClN2O4S2/c1-16(29)18-4-3-5-21(12-18)27-25(30)24-14-19-13-22(10-11-23(19)33-24)28(34(2,31)32)15-17-6-8-20(26)9-7-17/h3-14H,15H2,1-2H3,(H,27,30). The maximum absolute atomic E-state index is 12.8. The van der Waals surface area contributed by atoms with Gasteiger partial charge in [0.05, 0.1) is 23.4 Å². The van der Waals surface area contributed by atoms with Gasteiger partial charge in [-0.3, -0.25) is 13.9 Å². The van der Waals surface area contributed by atoms with Crippen molar-refractivity contribution in [2.75, 3.05) is 15.9 Å². The summed E-state index contributed by atoms with van der Waals surface area (Å²) in [5, 5.41) is 4.15. The molecule has 0 saturated carbocycles. The van der Waals surface area contributed by atoms with Gasteiger partial charge in [-0.05, 0) is 66.4 Å². The summed E-state index contributed by atoms with van der Waals surface area (Å²) in [6.07, 6.45) is 1.16. The molecule has 1 heterocycles. The average molecular weight is 513 g/mol. The second kappa shape index (κ2) is 9.58. The maximum Gasteiger partial charge on any atom is 0.265 e. The van der Waals surface area contributed by atoms with Crippen LogP contribution in [0, 0.1) is 0 Å². The molecule has 3 aromatic carbocycles. The number of carbonyl (C=O) groups excluding carboxylic acids is 2. The number of thiophene rings is 1. The maximum atomic E-state index is 12.8. The number of hydrogen-bond acceptors (Lipinski definition) is 5. The van der Waals surface area contributed by atoms with Gasteiger partial charge in [0.1, 0.15) is 0 Å². The Morgan fingerprint density at radius 2 is 1.74 bits per heavy atom. The van der Waals surface area contributed by atoms with Crippen LogP contribution in [0.5, 0.6) is 0 Å². The molecule has 174 valence electrons. The normalized spacial score (nSPS) is 11.4. The lowest BCUT2D eigenvalue weighted by atomic mass is 10.1. The fraction of sp³-hybridized carbons (Fsp3) is 0.120. The number of benzene rings is 3. The fourth-order valence-corrected chi connectivity index (χ4v) is 5.41. The van der Waals surface area contributed by atoms with E-state index in [0.717, 1.165) is 21.9 Å². The van der Waals surface area contributed by atoms with E-state index in [1.807, 2.05) is 6.07 Å². The Morgan fingerprint density at radius 1 is 1.00 bits per heavy atom. The van der Waals surface area contributed by atoms with Crippen LogP contribution in [0.3, 0.4) is 0 Å². The van der Waals surface area contributed by atoms with Crippen molar-refractivity contribution < 1.29 is 18.0 Å². The van der Waals surface area contributed by atoms with Crippen LogP contribution in [-0.2, 0) is 16.6 Å². The first-order chi connectivity index (χ1) is 16.1. The molecule has 0 fully saturated rings. The highest BCUT2D eigenvalue weighted by Crippen LogP contribution is 2.31. The van der Waals surface area contributed by atoms with Crippen molar-refractivity contribution in [1.29, 1.82) is 0 Å². The predicted octanol–water partition coefficient (Wildman–Crippen LogP) is 5.98. The molecular weight excluding hydrogens is 492 g/mol. The Hall–Kier alpha value is -3.20. The topological polar surface area (TPSA) is 83.6 Å². The Labute approximate surface area is 206 Å². The largest absolute Gasteiger partial charge is 0.321 e. The van der Waals surface area contributed by atoms with Gasteiger partial charge in [0.2, 0.25) is 10.0 Å². The quantitative estimate of drug-likeness (QED) is 0.309. The number of hydrogen-bond donors (Lipinski definition) is 1. The van der Waals surface area contributed by atoms with Crippen molar-refractivity contribution >= 4 is 66.1 Å². The molecule has 0 spiro atoms. The third-order valence-electron chi connectivity index (χ3n) is 5.18. The summed E-state index contributed by atoms with van der Waals surface area (Å²) in [7, 11) is -3.56. The Morgan fingerprint density at radius 3 is 2.41 bits per heavy atom. The van der Waals surface area contributed by atoms with Crippen molar-refractivity contribution in [2.45, 2.75) is 13.5 Å². The minimum atomic E-state index is -3.56. The molecule has 1 N–H and O–H groups in total. The molecule has 6 nitrogen and oxygen atoms in total. The van der Waals surface area contributed by atoms with E-state index >= 15 is 0 Å². The van der Waals surface area contributed by atoms with Crippen molar-refractivity contribution in [3.63, 3.8) is 0 Å². The third kappa shape index (κ3) is 5.47. The zero-order valence-electron chi connectivity index (χ0n) is 18.4. The van der Waals surface area contributed by atoms with Gasteiger partial charge in [-0.2, -0.15) is 0 Å². The Balaban J connectivity index is 1.61. The summed E-state index contributed by atoms with van der Waals surface area (Å²) in [5.41, 5.74) is 2.35. The molecule has 0 radical (unpaired) electrons. The molecule has 0 unspecified atom stereocenters. The van der Waals surface area contributed by atoms with Crippen LogP contribution in [-0.4, -0.2) is 26.4 Å². The highest BCUT2D eigenvalue weighted by Gasteiger charge is 2.19. The number of Topliss-reactive ketones (excluding diaryl/α,β-unsaturated/α-hetero) is 1. The molecule has 0 aliphatic rings. The lowest BCUT2D eigenvalue weighted by Crippen LogP contribution is -2.29. The monoisotopic (exact) mass is 512 g/mol. The summed E-state index contributed by atoms with van der Waals surface area (Å²) >= 11 is 7.25. The summed E-state index contributed by atoms with van der Waals surface area (Å²) in [4.78, 5) is 24.9. The summed E-state index contributed by atoms with van der Waals surface area (Å²) in [6, 6.07) is 20.8. The van der Waals surface area contributed by atoms with E-state index in [1.165, 1.54) is 22.6 Å². The van der Waals surface area contributed by atoms with Crippen LogP contribution in [0.15, 0.2) is 72.8 Å². The molecule has 9 heteroatoms. The predicted molar refractivity (Wildman–Crippen MR) is 139 cm³/mol. The van der Waals surface area contributed by atoms with Gasteiger partial charge in [-0.25, -0.2) is 8.42 Å². The fourth-order valence-electron chi connectivity index (χ4n) is 3.46. The second-order valence-corrected chi connectivity index (χ2v) is 11.2. The van der Waals surface area contributed by atoms with Crippen molar-refractivity contribution in [3.8, 4) is 0 Å². The lowest BCUT2D eigenvalue weighted by Gasteiger charge is -2.22. The van der Waals surface area contributed by atoms with Crippen LogP contribution < -0.4 is 9.62 Å². The molecule has 0 saturated heterocycles. The molecule has 0 atom stereocenters. The van der Waals surface area contributed by atoms with Crippen molar-refractivity contribution in [3.05, 3.63) is 93.8 Å². The minimum absolute atomic E-state index is 0.0838. The minimum Gasteiger partial charge on any atom is -0.321 e. The number of rotatable bonds is 7. The Bertz CT molecular complexity index is 1500. The van der Waals surface area contributed by atoms with Gasteiger partial charge < -0.3 is 5.32 Å². The van der Waals surface area contributed by atoms with Crippen molar-refractivity contribution in [2.24, 2.45) is 0 Å². The highest BCUT2D eigenvalue weighted by molar-refractivity contribution is 7.92. The van der Waals surface area contributed by atoms with E-state index in [0.29, 0.717) is 26.8 Å². The number of nitrogens with zero attached hydrogens (tertiary/aromatic N) is 1. The number of carbonyl (C=O) groups is 2. The summed E-state index contributed by atoms with van der Waals surface area (Å²) in [5.74, 6) is -0.385. The van der Waals surface area contributed by atoms with Crippen LogP contribution in [0.2, 0.25) is 5.02 Å². The van der Waals surface area contributed by atoms with Gasteiger partial charge in [-0.1, -0.05) is 35.9 Å². The van der Waals surface area contributed by atoms with Gasteiger partial charge in [0, 0.05) is 21.0 Å². The molecule has 4 aromatic rings. The first kappa shape index (κ1) is 23.9. The smallest absolute Gasteiger partial charge is 0.265 e. The highest BCUT2D eigenvalue weighted by atomic mass is 35.5. The van der Waals surface area contributed by atoms with Gasteiger partial charge in [0.15, 0.2) is 5.78 Å². The second-order valence-electron chi connectivity index (χ2n) is 7.82. The molecule has 1 amide bonds. The number of fused-ring (bicyclic) bond motifs is 1.